The third kappa shape index (κ3) is 3.57. The van der Waals surface area contributed by atoms with Gasteiger partial charge in [-0.25, -0.2) is 14.6 Å². The topological polar surface area (TPSA) is 82.5 Å². The number of urea groups is 1. The van der Waals surface area contributed by atoms with Gasteiger partial charge in [-0.1, -0.05) is 18.2 Å². The maximum atomic E-state index is 12.0. The number of carboxylic acids is 1. The van der Waals surface area contributed by atoms with Crippen molar-refractivity contribution in [1.29, 1.82) is 0 Å². The Kier molecular flexibility index (Phi) is 4.54. The third-order valence-electron chi connectivity index (χ3n) is 2.87. The van der Waals surface area contributed by atoms with Crippen molar-refractivity contribution in [1.82, 2.24) is 10.3 Å². The lowest BCUT2D eigenvalue weighted by atomic mass is 10.3. The molecular formula is C14H15N3O3S. The van der Waals surface area contributed by atoms with Gasteiger partial charge in [0.05, 0.1) is 12.2 Å². The summed E-state index contributed by atoms with van der Waals surface area (Å²) < 4.78 is 0. The Hall–Kier alpha value is -2.41. The first-order valence-electron chi connectivity index (χ1n) is 6.25. The predicted molar refractivity (Wildman–Crippen MR) is 80.9 cm³/mol. The number of nitrogens with zero attached hydrogens (tertiary/aromatic N) is 2. The van der Waals surface area contributed by atoms with E-state index in [1.807, 2.05) is 30.3 Å². The Bertz CT molecular complexity index is 655. The highest BCUT2D eigenvalue weighted by Gasteiger charge is 2.15. The minimum atomic E-state index is -0.996. The fourth-order valence-corrected chi connectivity index (χ4v) is 2.61. The number of carbonyl (C=O) groups excluding carboxylic acids is 1. The second-order valence-corrected chi connectivity index (χ2v) is 5.46. The van der Waals surface area contributed by atoms with Crippen molar-refractivity contribution in [3.8, 4) is 0 Å². The zero-order valence-electron chi connectivity index (χ0n) is 11.7. The highest BCUT2D eigenvalue weighted by Crippen LogP contribution is 2.18. The predicted octanol–water partition coefficient (Wildman–Crippen LogP) is 2.50. The van der Waals surface area contributed by atoms with Gasteiger partial charge in [0.2, 0.25) is 0 Å². The number of aromatic nitrogens is 1. The summed E-state index contributed by atoms with van der Waals surface area (Å²) in [6, 6.07) is 8.96. The molecule has 0 saturated carbocycles. The zero-order chi connectivity index (χ0) is 15.4. The van der Waals surface area contributed by atoms with E-state index in [0.29, 0.717) is 10.7 Å². The molecule has 0 radical (unpaired) electrons. The highest BCUT2D eigenvalue weighted by atomic mass is 32.1. The van der Waals surface area contributed by atoms with Crippen LogP contribution in [0.15, 0.2) is 30.3 Å². The largest absolute Gasteiger partial charge is 0.477 e. The smallest absolute Gasteiger partial charge is 0.347 e. The minimum absolute atomic E-state index is 0.203. The first kappa shape index (κ1) is 15.0. The molecule has 2 amide bonds. The van der Waals surface area contributed by atoms with Crippen molar-refractivity contribution in [3.05, 3.63) is 45.9 Å². The van der Waals surface area contributed by atoms with E-state index in [9.17, 15) is 9.59 Å². The Labute approximate surface area is 126 Å². The fourth-order valence-electron chi connectivity index (χ4n) is 1.76. The van der Waals surface area contributed by atoms with Crippen LogP contribution in [-0.4, -0.2) is 29.1 Å². The van der Waals surface area contributed by atoms with Crippen molar-refractivity contribution >= 4 is 29.0 Å². The van der Waals surface area contributed by atoms with Gasteiger partial charge in [-0.2, -0.15) is 0 Å². The first-order chi connectivity index (χ1) is 9.99. The van der Waals surface area contributed by atoms with Gasteiger partial charge in [0, 0.05) is 12.7 Å². The number of carboxylic acid groups (broad SMARTS) is 1. The van der Waals surface area contributed by atoms with E-state index in [-0.39, 0.29) is 17.5 Å². The van der Waals surface area contributed by atoms with Crippen LogP contribution in [0.3, 0.4) is 0 Å². The summed E-state index contributed by atoms with van der Waals surface area (Å²) in [4.78, 5) is 28.8. The van der Waals surface area contributed by atoms with Crippen LogP contribution < -0.4 is 10.2 Å². The lowest BCUT2D eigenvalue weighted by molar-refractivity contribution is 0.0701. The Balaban J connectivity index is 1.98. The van der Waals surface area contributed by atoms with Gasteiger partial charge in [0.1, 0.15) is 9.88 Å². The molecule has 2 rings (SSSR count). The number of hydrogen-bond acceptors (Lipinski definition) is 4. The monoisotopic (exact) mass is 305 g/mol. The number of aromatic carboxylic acids is 1. The van der Waals surface area contributed by atoms with Crippen LogP contribution >= 0.6 is 11.3 Å². The molecule has 0 bridgehead atoms. The number of benzene rings is 1. The van der Waals surface area contributed by atoms with E-state index in [1.165, 1.54) is 4.90 Å². The molecule has 21 heavy (non-hydrogen) atoms. The van der Waals surface area contributed by atoms with E-state index in [1.54, 1.807) is 14.0 Å². The molecular weight excluding hydrogens is 290 g/mol. The second-order valence-electron chi connectivity index (χ2n) is 4.38. The number of thiazole rings is 1. The second kappa shape index (κ2) is 6.36. The lowest BCUT2D eigenvalue weighted by Gasteiger charge is -2.17. The van der Waals surface area contributed by atoms with E-state index >= 15 is 0 Å². The fraction of sp³-hybridized carbons (Fsp3) is 0.214. The van der Waals surface area contributed by atoms with E-state index in [4.69, 9.17) is 5.11 Å². The van der Waals surface area contributed by atoms with Crippen LogP contribution in [0.25, 0.3) is 0 Å². The van der Waals surface area contributed by atoms with Crippen LogP contribution in [0.5, 0.6) is 0 Å². The first-order valence-corrected chi connectivity index (χ1v) is 7.07. The van der Waals surface area contributed by atoms with Crippen molar-refractivity contribution < 1.29 is 14.7 Å². The SMILES string of the molecule is Cc1nc(CNC(=O)N(C)c2ccccc2)sc1C(=O)O. The van der Waals surface area contributed by atoms with Crippen LogP contribution in [0.1, 0.15) is 20.4 Å². The van der Waals surface area contributed by atoms with Crippen LogP contribution in [0.2, 0.25) is 0 Å². The molecule has 0 fully saturated rings. The quantitative estimate of drug-likeness (QED) is 0.909. The normalized spacial score (nSPS) is 10.2. The van der Waals surface area contributed by atoms with Gasteiger partial charge in [-0.05, 0) is 19.1 Å². The number of para-hydroxylation sites is 1. The van der Waals surface area contributed by atoms with Gasteiger partial charge in [-0.3, -0.25) is 4.90 Å². The summed E-state index contributed by atoms with van der Waals surface area (Å²) >= 11 is 1.07. The molecule has 0 saturated heterocycles. The molecule has 0 atom stereocenters. The molecule has 0 aliphatic heterocycles. The molecule has 0 aliphatic rings. The van der Waals surface area contributed by atoms with Crippen molar-refractivity contribution in [2.75, 3.05) is 11.9 Å². The zero-order valence-corrected chi connectivity index (χ0v) is 12.5. The lowest BCUT2D eigenvalue weighted by Crippen LogP contribution is -2.36. The molecule has 110 valence electrons. The van der Waals surface area contributed by atoms with E-state index < -0.39 is 5.97 Å². The minimum Gasteiger partial charge on any atom is -0.477 e. The molecule has 2 aromatic rings. The molecule has 1 aromatic heterocycles. The number of carbonyl (C=O) groups is 2. The maximum absolute atomic E-state index is 12.0. The van der Waals surface area contributed by atoms with Crippen molar-refractivity contribution in [3.63, 3.8) is 0 Å². The van der Waals surface area contributed by atoms with Crippen LogP contribution in [0.4, 0.5) is 10.5 Å². The Morgan fingerprint density at radius 3 is 2.57 bits per heavy atom. The molecule has 1 aromatic carbocycles. The average molecular weight is 305 g/mol. The Morgan fingerprint density at radius 1 is 1.33 bits per heavy atom. The Morgan fingerprint density at radius 2 is 2.00 bits per heavy atom. The number of hydrogen-bond donors (Lipinski definition) is 2. The summed E-state index contributed by atoms with van der Waals surface area (Å²) in [5.41, 5.74) is 1.24. The molecule has 6 nitrogen and oxygen atoms in total. The van der Waals surface area contributed by atoms with Crippen molar-refractivity contribution in [2.45, 2.75) is 13.5 Å². The molecule has 1 heterocycles. The molecule has 0 unspecified atom stereocenters. The summed E-state index contributed by atoms with van der Waals surface area (Å²) in [6.07, 6.45) is 0. The van der Waals surface area contributed by atoms with Gasteiger partial charge < -0.3 is 10.4 Å². The molecule has 0 aliphatic carbocycles. The van der Waals surface area contributed by atoms with Gasteiger partial charge in [0.25, 0.3) is 0 Å². The standard InChI is InChI=1S/C14H15N3O3S/c1-9-12(13(18)19)21-11(16-9)8-15-14(20)17(2)10-6-4-3-5-7-10/h3-7H,8H2,1-2H3,(H,15,20)(H,18,19). The van der Waals surface area contributed by atoms with Crippen LogP contribution in [-0.2, 0) is 6.54 Å². The summed E-state index contributed by atoms with van der Waals surface area (Å²) in [6.45, 7) is 1.84. The molecule has 7 heteroatoms. The number of rotatable bonds is 4. The number of anilines is 1. The van der Waals surface area contributed by atoms with Gasteiger partial charge in [0.15, 0.2) is 0 Å². The van der Waals surface area contributed by atoms with E-state index in [0.717, 1.165) is 17.0 Å². The summed E-state index contributed by atoms with van der Waals surface area (Å²) in [7, 11) is 1.67. The van der Waals surface area contributed by atoms with Crippen molar-refractivity contribution in [2.24, 2.45) is 0 Å². The average Bonchev–Trinajstić information content (AvgIpc) is 2.86. The number of amides is 2. The van der Waals surface area contributed by atoms with Gasteiger partial charge >= 0.3 is 12.0 Å². The van der Waals surface area contributed by atoms with Gasteiger partial charge in [-0.15, -0.1) is 11.3 Å². The molecule has 2 N–H and O–H groups in total. The van der Waals surface area contributed by atoms with Crippen LogP contribution in [0, 0.1) is 6.92 Å². The van der Waals surface area contributed by atoms with E-state index in [2.05, 4.69) is 10.3 Å². The highest BCUT2D eigenvalue weighted by molar-refractivity contribution is 7.13. The molecule has 0 spiro atoms. The number of nitrogens with one attached hydrogen (secondary N) is 1. The summed E-state index contributed by atoms with van der Waals surface area (Å²) in [5.74, 6) is -0.996. The maximum Gasteiger partial charge on any atom is 0.347 e. The summed E-state index contributed by atoms with van der Waals surface area (Å²) in [5, 5.41) is 12.3. The third-order valence-corrected chi connectivity index (χ3v) is 4.02. The number of aryl methyl sites for hydroxylation is 1.